The lowest BCUT2D eigenvalue weighted by atomic mass is 10.1. The fourth-order valence-corrected chi connectivity index (χ4v) is 3.09. The van der Waals surface area contributed by atoms with E-state index in [-0.39, 0.29) is 5.91 Å². The second-order valence-electron chi connectivity index (χ2n) is 5.37. The van der Waals surface area contributed by atoms with E-state index in [1.807, 2.05) is 36.1 Å². The Hall–Kier alpha value is -1.46. The summed E-state index contributed by atoms with van der Waals surface area (Å²) in [5, 5.41) is 4.24. The number of hydrogen-bond donors (Lipinski definition) is 1. The number of carbonyl (C=O) groups excluding carboxylic acids is 1. The molecule has 1 aromatic carbocycles. The second kappa shape index (κ2) is 6.12. The van der Waals surface area contributed by atoms with Crippen molar-refractivity contribution in [3.05, 3.63) is 40.0 Å². The zero-order valence-electron chi connectivity index (χ0n) is 12.0. The lowest BCUT2D eigenvalue weighted by Crippen LogP contribution is -2.34. The predicted octanol–water partition coefficient (Wildman–Crippen LogP) is 2.74. The van der Waals surface area contributed by atoms with E-state index in [0.29, 0.717) is 0 Å². The van der Waals surface area contributed by atoms with Crippen molar-refractivity contribution in [2.75, 3.05) is 26.2 Å². The molecular formula is C16H18BrN3O. The van der Waals surface area contributed by atoms with Crippen molar-refractivity contribution in [3.8, 4) is 0 Å². The van der Waals surface area contributed by atoms with Crippen LogP contribution in [0.15, 0.2) is 28.7 Å². The average Bonchev–Trinajstić information content (AvgIpc) is 2.75. The smallest absolute Gasteiger partial charge is 0.254 e. The minimum absolute atomic E-state index is 0.104. The Labute approximate surface area is 132 Å². The molecular weight excluding hydrogens is 330 g/mol. The van der Waals surface area contributed by atoms with E-state index in [1.165, 1.54) is 0 Å². The zero-order chi connectivity index (χ0) is 14.8. The topological polar surface area (TPSA) is 45.2 Å². The van der Waals surface area contributed by atoms with Gasteiger partial charge in [0.25, 0.3) is 5.91 Å². The Morgan fingerprint density at radius 2 is 2.14 bits per heavy atom. The maximum Gasteiger partial charge on any atom is 0.254 e. The molecule has 0 radical (unpaired) electrons. The molecule has 1 aliphatic heterocycles. The number of hydrogen-bond acceptors (Lipinski definition) is 3. The van der Waals surface area contributed by atoms with E-state index in [0.717, 1.165) is 59.2 Å². The van der Waals surface area contributed by atoms with Gasteiger partial charge in [-0.3, -0.25) is 9.78 Å². The van der Waals surface area contributed by atoms with Gasteiger partial charge in [-0.25, -0.2) is 0 Å². The van der Waals surface area contributed by atoms with Crippen molar-refractivity contribution in [3.63, 3.8) is 0 Å². The summed E-state index contributed by atoms with van der Waals surface area (Å²) in [6.45, 7) is 5.34. The molecule has 1 aromatic heterocycles. The second-order valence-corrected chi connectivity index (χ2v) is 6.28. The molecule has 0 unspecified atom stereocenters. The molecule has 0 saturated carbocycles. The summed E-state index contributed by atoms with van der Waals surface area (Å²) < 4.78 is 0.965. The number of rotatable bonds is 1. The first-order valence-corrected chi connectivity index (χ1v) is 8.01. The fraction of sp³-hybridized carbons (Fsp3) is 0.375. The number of pyridine rings is 1. The molecule has 1 fully saturated rings. The van der Waals surface area contributed by atoms with Crippen LogP contribution in [-0.2, 0) is 0 Å². The van der Waals surface area contributed by atoms with Crippen LogP contribution in [0.1, 0.15) is 22.5 Å². The van der Waals surface area contributed by atoms with E-state index < -0.39 is 0 Å². The minimum Gasteiger partial charge on any atom is -0.337 e. The van der Waals surface area contributed by atoms with Crippen LogP contribution in [0.5, 0.6) is 0 Å². The van der Waals surface area contributed by atoms with Crippen molar-refractivity contribution in [1.29, 1.82) is 0 Å². The molecule has 0 atom stereocenters. The maximum absolute atomic E-state index is 12.9. The van der Waals surface area contributed by atoms with Gasteiger partial charge in [0.15, 0.2) is 0 Å². The third kappa shape index (κ3) is 3.09. The van der Waals surface area contributed by atoms with Crippen LogP contribution in [0.2, 0.25) is 0 Å². The van der Waals surface area contributed by atoms with Gasteiger partial charge in [0.1, 0.15) is 0 Å². The number of carbonyl (C=O) groups is 1. The molecule has 1 N–H and O–H groups in total. The predicted molar refractivity (Wildman–Crippen MR) is 87.6 cm³/mol. The van der Waals surface area contributed by atoms with Crippen molar-refractivity contribution in [1.82, 2.24) is 15.2 Å². The van der Waals surface area contributed by atoms with Crippen LogP contribution >= 0.6 is 15.9 Å². The van der Waals surface area contributed by atoms with Gasteiger partial charge in [-0.1, -0.05) is 15.9 Å². The third-order valence-electron chi connectivity index (χ3n) is 3.76. The van der Waals surface area contributed by atoms with Crippen LogP contribution in [-0.4, -0.2) is 42.0 Å². The molecule has 4 nitrogen and oxygen atoms in total. The number of aromatic nitrogens is 1. The highest BCUT2D eigenvalue weighted by molar-refractivity contribution is 9.10. The Bertz CT molecular complexity index is 679. The molecule has 0 aliphatic carbocycles. The zero-order valence-corrected chi connectivity index (χ0v) is 13.6. The Balaban J connectivity index is 2.05. The highest BCUT2D eigenvalue weighted by atomic mass is 79.9. The van der Waals surface area contributed by atoms with Crippen LogP contribution in [0.25, 0.3) is 10.9 Å². The first kappa shape index (κ1) is 14.5. The molecule has 0 spiro atoms. The molecule has 1 saturated heterocycles. The average molecular weight is 348 g/mol. The number of amides is 1. The number of fused-ring (bicyclic) bond motifs is 1. The van der Waals surface area contributed by atoms with Gasteiger partial charge in [-0.15, -0.1) is 0 Å². The lowest BCUT2D eigenvalue weighted by molar-refractivity contribution is 0.0768. The fourth-order valence-electron chi connectivity index (χ4n) is 2.73. The van der Waals surface area contributed by atoms with Crippen LogP contribution in [0, 0.1) is 6.92 Å². The first-order chi connectivity index (χ1) is 10.1. The van der Waals surface area contributed by atoms with E-state index in [1.54, 1.807) is 0 Å². The van der Waals surface area contributed by atoms with Crippen molar-refractivity contribution >= 4 is 32.7 Å². The number of nitrogens with zero attached hydrogens (tertiary/aromatic N) is 2. The number of benzene rings is 1. The summed E-state index contributed by atoms with van der Waals surface area (Å²) in [5.41, 5.74) is 2.50. The molecule has 1 amide bonds. The quantitative estimate of drug-likeness (QED) is 0.862. The van der Waals surface area contributed by atoms with Gasteiger partial charge in [-0.2, -0.15) is 0 Å². The maximum atomic E-state index is 12.9. The van der Waals surface area contributed by atoms with E-state index >= 15 is 0 Å². The Morgan fingerprint density at radius 1 is 1.29 bits per heavy atom. The van der Waals surface area contributed by atoms with Crippen LogP contribution in [0.4, 0.5) is 0 Å². The van der Waals surface area contributed by atoms with E-state index in [9.17, 15) is 4.79 Å². The third-order valence-corrected chi connectivity index (χ3v) is 4.25. The number of nitrogens with one attached hydrogen (secondary N) is 1. The highest BCUT2D eigenvalue weighted by Gasteiger charge is 2.20. The molecule has 21 heavy (non-hydrogen) atoms. The summed E-state index contributed by atoms with van der Waals surface area (Å²) in [6.07, 6.45) is 0.997. The van der Waals surface area contributed by atoms with Gasteiger partial charge in [0.05, 0.1) is 11.1 Å². The minimum atomic E-state index is 0.104. The Kier molecular flexibility index (Phi) is 4.22. The SMILES string of the molecule is Cc1cc(C(=O)N2CCCNCC2)c2cc(Br)ccc2n1. The molecule has 0 bridgehead atoms. The summed E-state index contributed by atoms with van der Waals surface area (Å²) in [4.78, 5) is 19.3. The highest BCUT2D eigenvalue weighted by Crippen LogP contribution is 2.24. The van der Waals surface area contributed by atoms with Gasteiger partial charge < -0.3 is 10.2 Å². The molecule has 3 rings (SSSR count). The van der Waals surface area contributed by atoms with Gasteiger partial charge in [-0.05, 0) is 44.2 Å². The van der Waals surface area contributed by atoms with Gasteiger partial charge in [0, 0.05) is 35.2 Å². The summed E-state index contributed by atoms with van der Waals surface area (Å²) in [7, 11) is 0. The Morgan fingerprint density at radius 3 is 3.00 bits per heavy atom. The van der Waals surface area contributed by atoms with E-state index in [2.05, 4.69) is 26.2 Å². The monoisotopic (exact) mass is 347 g/mol. The van der Waals surface area contributed by atoms with E-state index in [4.69, 9.17) is 0 Å². The lowest BCUT2D eigenvalue weighted by Gasteiger charge is -2.21. The standard InChI is InChI=1S/C16H18BrN3O/c1-11-9-14(13-10-12(17)3-4-15(13)19-11)16(21)20-7-2-5-18-6-8-20/h3-4,9-10,18H,2,5-8H2,1H3. The summed E-state index contributed by atoms with van der Waals surface area (Å²) in [5.74, 6) is 0.104. The number of aryl methyl sites for hydroxylation is 1. The summed E-state index contributed by atoms with van der Waals surface area (Å²) >= 11 is 3.48. The van der Waals surface area contributed by atoms with Crippen LogP contribution in [0.3, 0.4) is 0 Å². The number of halogens is 1. The molecule has 110 valence electrons. The first-order valence-electron chi connectivity index (χ1n) is 7.22. The largest absolute Gasteiger partial charge is 0.337 e. The van der Waals surface area contributed by atoms with Crippen molar-refractivity contribution < 1.29 is 4.79 Å². The van der Waals surface area contributed by atoms with Crippen molar-refractivity contribution in [2.24, 2.45) is 0 Å². The van der Waals surface area contributed by atoms with Gasteiger partial charge in [0.2, 0.25) is 0 Å². The molecule has 5 heteroatoms. The normalized spacial score (nSPS) is 16.0. The summed E-state index contributed by atoms with van der Waals surface area (Å²) in [6, 6.07) is 7.78. The van der Waals surface area contributed by atoms with Crippen LogP contribution < -0.4 is 5.32 Å². The van der Waals surface area contributed by atoms with Crippen molar-refractivity contribution in [2.45, 2.75) is 13.3 Å². The molecule has 1 aliphatic rings. The van der Waals surface area contributed by atoms with Gasteiger partial charge >= 0.3 is 0 Å². The molecule has 2 heterocycles. The molecule has 2 aromatic rings.